The molecule has 0 aliphatic carbocycles. The number of carbonyl (C=O) groups excluding carboxylic acids is 1. The molecule has 0 bridgehead atoms. The van der Waals surface area contributed by atoms with Gasteiger partial charge in [-0.25, -0.2) is 0 Å². The summed E-state index contributed by atoms with van der Waals surface area (Å²) in [5.41, 5.74) is 3.51. The summed E-state index contributed by atoms with van der Waals surface area (Å²) < 4.78 is 5.34. The van der Waals surface area contributed by atoms with E-state index in [1.165, 1.54) is 16.5 Å². The van der Waals surface area contributed by atoms with Gasteiger partial charge in [-0.3, -0.25) is 4.79 Å². The molecule has 2 aromatic carbocycles. The lowest BCUT2D eigenvalue weighted by atomic mass is 9.96. The van der Waals surface area contributed by atoms with Crippen LogP contribution in [0, 0.1) is 5.92 Å². The number of carbonyl (C=O) groups is 1. The van der Waals surface area contributed by atoms with Crippen molar-refractivity contribution in [3.05, 3.63) is 71.9 Å². The van der Waals surface area contributed by atoms with E-state index in [-0.39, 0.29) is 5.97 Å². The fourth-order valence-corrected chi connectivity index (χ4v) is 2.95. The Morgan fingerprint density at radius 1 is 1.08 bits per heavy atom. The predicted octanol–water partition coefficient (Wildman–Crippen LogP) is 4.87. The fourth-order valence-electron chi connectivity index (χ4n) is 2.95. The average Bonchev–Trinajstić information content (AvgIpc) is 3.02. The first-order chi connectivity index (χ1) is 11.7. The number of hydrogen-bond acceptors (Lipinski definition) is 2. The smallest absolute Gasteiger partial charge is 0.306 e. The van der Waals surface area contributed by atoms with Crippen LogP contribution in [0.4, 0.5) is 0 Å². The molecular weight excluding hydrogens is 298 g/mol. The monoisotopic (exact) mass is 321 g/mol. The van der Waals surface area contributed by atoms with E-state index in [4.69, 9.17) is 4.74 Å². The van der Waals surface area contributed by atoms with Gasteiger partial charge in [0.15, 0.2) is 0 Å². The van der Waals surface area contributed by atoms with E-state index in [2.05, 4.69) is 36.3 Å². The predicted molar refractivity (Wildman–Crippen MR) is 96.6 cm³/mol. The number of fused-ring (bicyclic) bond motifs is 1. The molecule has 1 aromatic heterocycles. The van der Waals surface area contributed by atoms with Gasteiger partial charge in [0, 0.05) is 23.5 Å². The first kappa shape index (κ1) is 16.3. The number of aromatic nitrogens is 1. The maximum Gasteiger partial charge on any atom is 0.306 e. The molecule has 3 rings (SSSR count). The Bertz CT molecular complexity index is 792. The number of nitrogens with one attached hydrogen (secondary N) is 1. The Kier molecular flexibility index (Phi) is 5.32. The van der Waals surface area contributed by atoms with Crippen molar-refractivity contribution in [1.29, 1.82) is 0 Å². The standard InChI is InChI=1S/C21H23NO2/c1-16(13-18-14-22-20-10-6-5-9-19(18)20)11-12-21(23)24-15-17-7-3-2-4-8-17/h2-10,14,16,22H,11-13,15H2,1H3. The third-order valence-corrected chi connectivity index (χ3v) is 4.33. The molecule has 0 saturated carbocycles. The number of aromatic amines is 1. The SMILES string of the molecule is CC(CCC(=O)OCc1ccccc1)Cc1c[nH]c2ccccc12. The van der Waals surface area contributed by atoms with Crippen molar-refractivity contribution in [3.8, 4) is 0 Å². The molecule has 0 radical (unpaired) electrons. The highest BCUT2D eigenvalue weighted by Gasteiger charge is 2.11. The number of rotatable bonds is 7. The summed E-state index contributed by atoms with van der Waals surface area (Å²) >= 11 is 0. The van der Waals surface area contributed by atoms with Crippen molar-refractivity contribution >= 4 is 16.9 Å². The van der Waals surface area contributed by atoms with Crippen molar-refractivity contribution in [2.45, 2.75) is 32.8 Å². The van der Waals surface area contributed by atoms with Gasteiger partial charge in [0.1, 0.15) is 6.61 Å². The molecule has 1 atom stereocenters. The molecule has 0 aliphatic rings. The number of benzene rings is 2. The van der Waals surface area contributed by atoms with Crippen LogP contribution in [0.5, 0.6) is 0 Å². The number of para-hydroxylation sites is 1. The van der Waals surface area contributed by atoms with Crippen LogP contribution in [0.25, 0.3) is 10.9 Å². The number of H-pyrrole nitrogens is 1. The molecule has 24 heavy (non-hydrogen) atoms. The summed E-state index contributed by atoms with van der Waals surface area (Å²) in [6.45, 7) is 2.54. The van der Waals surface area contributed by atoms with Crippen molar-refractivity contribution in [1.82, 2.24) is 4.98 Å². The normalized spacial score (nSPS) is 12.2. The lowest BCUT2D eigenvalue weighted by Gasteiger charge is -2.11. The van der Waals surface area contributed by atoms with Gasteiger partial charge in [0.05, 0.1) is 0 Å². The Hall–Kier alpha value is -2.55. The average molecular weight is 321 g/mol. The summed E-state index contributed by atoms with van der Waals surface area (Å²) in [6, 6.07) is 18.1. The van der Waals surface area contributed by atoms with Crippen molar-refractivity contribution in [2.24, 2.45) is 5.92 Å². The molecular formula is C21H23NO2. The molecule has 0 saturated heterocycles. The van der Waals surface area contributed by atoms with Gasteiger partial charge in [-0.05, 0) is 36.0 Å². The van der Waals surface area contributed by atoms with Gasteiger partial charge in [-0.15, -0.1) is 0 Å². The number of esters is 1. The second-order valence-corrected chi connectivity index (χ2v) is 6.35. The van der Waals surface area contributed by atoms with Gasteiger partial charge >= 0.3 is 5.97 Å². The Morgan fingerprint density at radius 2 is 1.83 bits per heavy atom. The van der Waals surface area contributed by atoms with Crippen LogP contribution in [-0.4, -0.2) is 11.0 Å². The minimum absolute atomic E-state index is 0.121. The van der Waals surface area contributed by atoms with Crippen molar-refractivity contribution in [2.75, 3.05) is 0 Å². The number of ether oxygens (including phenoxy) is 1. The van der Waals surface area contributed by atoms with E-state index in [0.29, 0.717) is 18.9 Å². The highest BCUT2D eigenvalue weighted by atomic mass is 16.5. The summed E-state index contributed by atoms with van der Waals surface area (Å²) in [5.74, 6) is 0.318. The molecule has 1 heterocycles. The minimum atomic E-state index is -0.121. The molecule has 3 aromatic rings. The van der Waals surface area contributed by atoms with Crippen LogP contribution in [-0.2, 0) is 22.6 Å². The van der Waals surface area contributed by atoms with Crippen molar-refractivity contribution < 1.29 is 9.53 Å². The van der Waals surface area contributed by atoms with E-state index in [1.807, 2.05) is 36.4 Å². The Morgan fingerprint density at radius 3 is 2.67 bits per heavy atom. The lowest BCUT2D eigenvalue weighted by molar-refractivity contribution is -0.145. The first-order valence-electron chi connectivity index (χ1n) is 8.47. The van der Waals surface area contributed by atoms with E-state index in [1.54, 1.807) is 0 Å². The van der Waals surface area contributed by atoms with Crippen LogP contribution in [0.1, 0.15) is 30.9 Å². The molecule has 124 valence electrons. The molecule has 3 heteroatoms. The maximum absolute atomic E-state index is 11.9. The molecule has 0 aliphatic heterocycles. The number of hydrogen-bond donors (Lipinski definition) is 1. The molecule has 1 unspecified atom stereocenters. The third kappa shape index (κ3) is 4.25. The summed E-state index contributed by atoms with van der Waals surface area (Å²) in [4.78, 5) is 15.2. The van der Waals surface area contributed by atoms with Gasteiger partial charge in [-0.2, -0.15) is 0 Å². The van der Waals surface area contributed by atoms with Crippen LogP contribution in [0.15, 0.2) is 60.8 Å². The van der Waals surface area contributed by atoms with Crippen LogP contribution in [0.3, 0.4) is 0 Å². The third-order valence-electron chi connectivity index (χ3n) is 4.33. The summed E-state index contributed by atoms with van der Waals surface area (Å²) in [7, 11) is 0. The Balaban J connectivity index is 1.45. The maximum atomic E-state index is 11.9. The topological polar surface area (TPSA) is 42.1 Å². The quantitative estimate of drug-likeness (QED) is 0.631. The summed E-state index contributed by atoms with van der Waals surface area (Å²) in [6.07, 6.45) is 4.36. The van der Waals surface area contributed by atoms with Gasteiger partial charge in [0.2, 0.25) is 0 Å². The molecule has 0 amide bonds. The molecule has 3 nitrogen and oxygen atoms in total. The van der Waals surface area contributed by atoms with E-state index in [0.717, 1.165) is 18.4 Å². The molecule has 0 spiro atoms. The zero-order chi connectivity index (χ0) is 16.8. The second-order valence-electron chi connectivity index (χ2n) is 6.35. The summed E-state index contributed by atoms with van der Waals surface area (Å²) in [5, 5.41) is 1.27. The van der Waals surface area contributed by atoms with E-state index >= 15 is 0 Å². The van der Waals surface area contributed by atoms with Gasteiger partial charge in [-0.1, -0.05) is 55.5 Å². The highest BCUT2D eigenvalue weighted by molar-refractivity contribution is 5.83. The van der Waals surface area contributed by atoms with Crippen molar-refractivity contribution in [3.63, 3.8) is 0 Å². The van der Waals surface area contributed by atoms with Crippen LogP contribution < -0.4 is 0 Å². The fraction of sp³-hybridized carbons (Fsp3) is 0.286. The van der Waals surface area contributed by atoms with Gasteiger partial charge < -0.3 is 9.72 Å². The zero-order valence-electron chi connectivity index (χ0n) is 14.0. The largest absolute Gasteiger partial charge is 0.461 e. The van der Waals surface area contributed by atoms with Crippen LogP contribution in [0.2, 0.25) is 0 Å². The van der Waals surface area contributed by atoms with E-state index in [9.17, 15) is 4.79 Å². The second kappa shape index (κ2) is 7.82. The molecule has 1 N–H and O–H groups in total. The lowest BCUT2D eigenvalue weighted by Crippen LogP contribution is -2.08. The van der Waals surface area contributed by atoms with E-state index < -0.39 is 0 Å². The molecule has 0 fully saturated rings. The first-order valence-corrected chi connectivity index (χ1v) is 8.47. The van der Waals surface area contributed by atoms with Gasteiger partial charge in [0.25, 0.3) is 0 Å². The van der Waals surface area contributed by atoms with Crippen LogP contribution >= 0.6 is 0 Å². The minimum Gasteiger partial charge on any atom is -0.461 e. The Labute approximate surface area is 142 Å². The zero-order valence-corrected chi connectivity index (χ0v) is 14.0. The highest BCUT2D eigenvalue weighted by Crippen LogP contribution is 2.22.